The molecule has 0 radical (unpaired) electrons. The zero-order chi connectivity index (χ0) is 17.0. The topological polar surface area (TPSA) is 85.3 Å². The first kappa shape index (κ1) is 17.1. The highest BCUT2D eigenvalue weighted by molar-refractivity contribution is 6.00. The van der Waals surface area contributed by atoms with Crippen LogP contribution in [0.5, 0.6) is 0 Å². The molecule has 124 valence electrons. The van der Waals surface area contributed by atoms with E-state index in [9.17, 15) is 4.79 Å². The highest BCUT2D eigenvalue weighted by Gasteiger charge is 2.24. The Labute approximate surface area is 136 Å². The second-order valence-corrected chi connectivity index (χ2v) is 5.58. The molecular formula is C17H25N5O. The summed E-state index contributed by atoms with van der Waals surface area (Å²) in [6.45, 7) is 11.6. The second kappa shape index (κ2) is 7.37. The fraction of sp³-hybridized carbons (Fsp3) is 0.471. The van der Waals surface area contributed by atoms with Gasteiger partial charge in [0.15, 0.2) is 11.6 Å². The van der Waals surface area contributed by atoms with Crippen LogP contribution in [-0.4, -0.2) is 33.5 Å². The van der Waals surface area contributed by atoms with Crippen molar-refractivity contribution < 1.29 is 4.79 Å². The van der Waals surface area contributed by atoms with Crippen molar-refractivity contribution in [2.24, 2.45) is 5.92 Å². The summed E-state index contributed by atoms with van der Waals surface area (Å²) in [5.74, 6) is 0.340. The van der Waals surface area contributed by atoms with Crippen molar-refractivity contribution >= 4 is 22.7 Å². The quantitative estimate of drug-likeness (QED) is 0.731. The van der Waals surface area contributed by atoms with E-state index in [1.165, 1.54) is 6.33 Å². The molecule has 2 aromatic rings. The lowest BCUT2D eigenvalue weighted by Crippen LogP contribution is -2.29. The van der Waals surface area contributed by atoms with Crippen molar-refractivity contribution in [3.05, 3.63) is 30.2 Å². The largest absolute Gasteiger partial charge is 0.382 e. The van der Waals surface area contributed by atoms with Crippen molar-refractivity contribution in [1.82, 2.24) is 19.9 Å². The lowest BCUT2D eigenvalue weighted by atomic mass is 9.98. The molecule has 0 aliphatic rings. The van der Waals surface area contributed by atoms with E-state index in [0.717, 1.165) is 30.5 Å². The average Bonchev–Trinajstić information content (AvgIpc) is 2.95. The number of anilines is 1. The molecule has 6 nitrogen and oxygen atoms in total. The van der Waals surface area contributed by atoms with Crippen molar-refractivity contribution in [2.75, 3.05) is 18.8 Å². The number of Topliss-reactive ketones (excluding diaryl/α,β-unsaturated/α-hetero) is 1. The summed E-state index contributed by atoms with van der Waals surface area (Å²) >= 11 is 0. The minimum atomic E-state index is -0.0908. The zero-order valence-corrected chi connectivity index (χ0v) is 14.1. The molecule has 1 unspecified atom stereocenters. The van der Waals surface area contributed by atoms with Gasteiger partial charge in [-0.1, -0.05) is 27.4 Å². The van der Waals surface area contributed by atoms with Crippen LogP contribution in [0.1, 0.15) is 49.7 Å². The number of aromatic nitrogens is 3. The Bertz CT molecular complexity index is 719. The van der Waals surface area contributed by atoms with E-state index in [4.69, 9.17) is 5.73 Å². The van der Waals surface area contributed by atoms with Crippen LogP contribution >= 0.6 is 0 Å². The van der Waals surface area contributed by atoms with Crippen LogP contribution in [0.3, 0.4) is 0 Å². The van der Waals surface area contributed by atoms with Gasteiger partial charge in [-0.15, -0.1) is 0 Å². The molecule has 23 heavy (non-hydrogen) atoms. The summed E-state index contributed by atoms with van der Waals surface area (Å²) in [6.07, 6.45) is 2.92. The predicted molar refractivity (Wildman–Crippen MR) is 93.4 cm³/mol. The lowest BCUT2D eigenvalue weighted by Gasteiger charge is -2.13. The van der Waals surface area contributed by atoms with Gasteiger partial charge in [0.05, 0.1) is 0 Å². The van der Waals surface area contributed by atoms with Crippen molar-refractivity contribution in [3.63, 3.8) is 0 Å². The number of fused-ring (bicyclic) bond motifs is 1. The summed E-state index contributed by atoms with van der Waals surface area (Å²) in [4.78, 5) is 17.0. The van der Waals surface area contributed by atoms with Crippen LogP contribution in [0.15, 0.2) is 19.0 Å². The van der Waals surface area contributed by atoms with E-state index in [-0.39, 0.29) is 11.7 Å². The molecule has 2 heterocycles. The van der Waals surface area contributed by atoms with E-state index < -0.39 is 0 Å². The number of carbonyl (C=O) groups is 1. The Hall–Kier alpha value is -2.21. The molecule has 6 heteroatoms. The van der Waals surface area contributed by atoms with Gasteiger partial charge in [0, 0.05) is 18.0 Å². The third-order valence-electron chi connectivity index (χ3n) is 4.15. The monoisotopic (exact) mass is 315 g/mol. The Kier molecular flexibility index (Phi) is 5.50. The van der Waals surface area contributed by atoms with Gasteiger partial charge in [-0.25, -0.2) is 9.50 Å². The molecule has 1 atom stereocenters. The van der Waals surface area contributed by atoms with Gasteiger partial charge in [-0.05, 0) is 31.0 Å². The number of hydrogen-bond donors (Lipinski definition) is 2. The van der Waals surface area contributed by atoms with E-state index in [1.807, 2.05) is 26.8 Å². The highest BCUT2D eigenvalue weighted by Crippen LogP contribution is 2.28. The first-order valence-electron chi connectivity index (χ1n) is 8.10. The first-order chi connectivity index (χ1) is 11.0. The van der Waals surface area contributed by atoms with Crippen LogP contribution in [0, 0.1) is 5.92 Å². The normalized spacial score (nSPS) is 12.5. The maximum absolute atomic E-state index is 12.9. The fourth-order valence-electron chi connectivity index (χ4n) is 2.65. The Morgan fingerprint density at radius 1 is 1.43 bits per heavy atom. The zero-order valence-electron chi connectivity index (χ0n) is 14.1. The summed E-state index contributed by atoms with van der Waals surface area (Å²) in [5, 5.41) is 7.49. The Morgan fingerprint density at radius 3 is 2.78 bits per heavy atom. The van der Waals surface area contributed by atoms with Gasteiger partial charge in [-0.2, -0.15) is 5.10 Å². The van der Waals surface area contributed by atoms with Crippen molar-refractivity contribution in [3.8, 4) is 0 Å². The molecule has 0 spiro atoms. The van der Waals surface area contributed by atoms with Gasteiger partial charge in [0.25, 0.3) is 0 Å². The Balaban J connectivity index is 2.54. The number of ketones is 1. The molecule has 0 aliphatic heterocycles. The van der Waals surface area contributed by atoms with E-state index >= 15 is 0 Å². The van der Waals surface area contributed by atoms with Gasteiger partial charge in [0.1, 0.15) is 17.5 Å². The van der Waals surface area contributed by atoms with Gasteiger partial charge >= 0.3 is 0 Å². The molecule has 2 rings (SSSR count). The van der Waals surface area contributed by atoms with Crippen LogP contribution in [0.25, 0.3) is 11.1 Å². The van der Waals surface area contributed by atoms with Crippen LogP contribution in [0.4, 0.5) is 5.82 Å². The number of hydrogen-bond acceptors (Lipinski definition) is 5. The van der Waals surface area contributed by atoms with Crippen molar-refractivity contribution in [1.29, 1.82) is 0 Å². The minimum absolute atomic E-state index is 0.0664. The summed E-state index contributed by atoms with van der Waals surface area (Å²) < 4.78 is 1.61. The van der Waals surface area contributed by atoms with Gasteiger partial charge < -0.3 is 11.1 Å². The molecule has 0 aromatic carbocycles. The molecule has 3 N–H and O–H groups in total. The van der Waals surface area contributed by atoms with Crippen molar-refractivity contribution in [2.45, 2.75) is 33.6 Å². The maximum Gasteiger partial charge on any atom is 0.185 e. The van der Waals surface area contributed by atoms with Crippen LogP contribution < -0.4 is 11.1 Å². The van der Waals surface area contributed by atoms with E-state index in [0.29, 0.717) is 23.6 Å². The van der Waals surface area contributed by atoms with Gasteiger partial charge in [0.2, 0.25) is 0 Å². The number of nitrogens with two attached hydrogens (primary N) is 1. The molecule has 0 amide bonds. The summed E-state index contributed by atoms with van der Waals surface area (Å²) in [6, 6.07) is 1.85. The number of rotatable bonds is 8. The average molecular weight is 315 g/mol. The smallest absolute Gasteiger partial charge is 0.185 e. The number of nitrogens with one attached hydrogen (secondary N) is 1. The summed E-state index contributed by atoms with van der Waals surface area (Å²) in [5.41, 5.74) is 9.00. The number of nitrogens with zero attached hydrogens (tertiary/aromatic N) is 3. The lowest BCUT2D eigenvalue weighted by molar-refractivity contribution is 0.0908. The first-order valence-corrected chi connectivity index (χ1v) is 8.10. The summed E-state index contributed by atoms with van der Waals surface area (Å²) in [7, 11) is 0. The molecule has 0 bridgehead atoms. The Morgan fingerprint density at radius 2 is 2.17 bits per heavy atom. The highest BCUT2D eigenvalue weighted by atomic mass is 16.1. The third-order valence-corrected chi connectivity index (χ3v) is 4.15. The number of nitrogen functional groups attached to an aromatic ring is 1. The molecule has 0 fully saturated rings. The number of allylic oxidation sites excluding steroid dienone is 1. The van der Waals surface area contributed by atoms with Crippen LogP contribution in [0.2, 0.25) is 0 Å². The standard InChI is InChI=1S/C17H25N5O/c1-5-11(4)13-8-14(16(23)12(6-2)9-19-7-3)22-15(13)17(18)20-10-21-22/h8,10,12,19H,4-7,9H2,1-3H3,(H2,18,20,21). The molecule has 0 saturated heterocycles. The number of carbonyl (C=O) groups excluding carboxylic acids is 1. The second-order valence-electron chi connectivity index (χ2n) is 5.58. The maximum atomic E-state index is 12.9. The fourth-order valence-corrected chi connectivity index (χ4v) is 2.65. The predicted octanol–water partition coefficient (Wildman–Crippen LogP) is 2.55. The van der Waals surface area contributed by atoms with E-state index in [2.05, 4.69) is 22.0 Å². The third kappa shape index (κ3) is 3.27. The van der Waals surface area contributed by atoms with Gasteiger partial charge in [-0.3, -0.25) is 4.79 Å². The molecule has 0 saturated carbocycles. The SMILES string of the molecule is C=C(CC)c1cc(C(=O)C(CC)CNCC)n2ncnc(N)c12. The van der Waals surface area contributed by atoms with E-state index in [1.54, 1.807) is 4.52 Å². The van der Waals surface area contributed by atoms with Crippen LogP contribution in [-0.2, 0) is 0 Å². The molecular weight excluding hydrogens is 290 g/mol. The molecule has 2 aromatic heterocycles. The minimum Gasteiger partial charge on any atom is -0.382 e. The molecule has 0 aliphatic carbocycles.